The zero-order valence-electron chi connectivity index (χ0n) is 14.3. The van der Waals surface area contributed by atoms with Gasteiger partial charge in [0.2, 0.25) is 0 Å². The van der Waals surface area contributed by atoms with E-state index in [1.165, 1.54) is 12.1 Å². The number of nitrogens with one attached hydrogen (secondary N) is 1. The predicted molar refractivity (Wildman–Crippen MR) is 99.6 cm³/mol. The summed E-state index contributed by atoms with van der Waals surface area (Å²) in [5.74, 6) is 1.14. The SMILES string of the molecule is CCC(C)C(CC)c1nc2c(-c3cc(F)c(Cl)cc3Cl)nncc2[nH]1. The summed E-state index contributed by atoms with van der Waals surface area (Å²) in [5.41, 5.74) is 2.26. The monoisotopic (exact) mass is 380 g/mol. The average molecular weight is 381 g/mol. The maximum atomic E-state index is 13.9. The molecule has 0 saturated heterocycles. The van der Waals surface area contributed by atoms with Crippen molar-refractivity contribution in [3.63, 3.8) is 0 Å². The van der Waals surface area contributed by atoms with E-state index in [1.54, 1.807) is 6.20 Å². The minimum Gasteiger partial charge on any atom is -0.340 e. The Kier molecular flexibility index (Phi) is 5.25. The van der Waals surface area contributed by atoms with Crippen LogP contribution in [0.5, 0.6) is 0 Å². The first-order valence-corrected chi connectivity index (χ1v) is 9.08. The molecule has 2 unspecified atom stereocenters. The van der Waals surface area contributed by atoms with Crippen molar-refractivity contribution in [1.29, 1.82) is 0 Å². The first-order chi connectivity index (χ1) is 12.0. The molecule has 0 fully saturated rings. The van der Waals surface area contributed by atoms with Gasteiger partial charge in [-0.25, -0.2) is 9.37 Å². The Balaban J connectivity index is 2.17. The zero-order valence-corrected chi connectivity index (χ0v) is 15.8. The van der Waals surface area contributed by atoms with Gasteiger partial charge in [-0.15, -0.1) is 5.10 Å². The van der Waals surface area contributed by atoms with Crippen molar-refractivity contribution >= 4 is 34.2 Å². The Hall–Kier alpha value is -1.72. The van der Waals surface area contributed by atoms with Crippen LogP contribution in [0.15, 0.2) is 18.3 Å². The molecule has 3 aromatic rings. The zero-order chi connectivity index (χ0) is 18.1. The van der Waals surface area contributed by atoms with Crippen molar-refractivity contribution in [2.24, 2.45) is 5.92 Å². The van der Waals surface area contributed by atoms with Crippen molar-refractivity contribution in [2.45, 2.75) is 39.5 Å². The van der Waals surface area contributed by atoms with E-state index >= 15 is 0 Å². The first kappa shape index (κ1) is 18.1. The summed E-state index contributed by atoms with van der Waals surface area (Å²) in [6, 6.07) is 2.64. The second-order valence-corrected chi connectivity index (χ2v) is 7.04. The van der Waals surface area contributed by atoms with Gasteiger partial charge in [-0.2, -0.15) is 5.10 Å². The Morgan fingerprint density at radius 1 is 1.16 bits per heavy atom. The van der Waals surface area contributed by atoms with Crippen LogP contribution in [-0.2, 0) is 0 Å². The molecule has 1 aromatic carbocycles. The van der Waals surface area contributed by atoms with Crippen LogP contribution in [0.25, 0.3) is 22.3 Å². The summed E-state index contributed by atoms with van der Waals surface area (Å²) in [4.78, 5) is 8.09. The van der Waals surface area contributed by atoms with Gasteiger partial charge in [-0.05, 0) is 24.5 Å². The third kappa shape index (κ3) is 3.35. The van der Waals surface area contributed by atoms with Crippen LogP contribution < -0.4 is 0 Å². The summed E-state index contributed by atoms with van der Waals surface area (Å²) in [6.07, 6.45) is 3.66. The molecule has 4 nitrogen and oxygen atoms in total. The van der Waals surface area contributed by atoms with Gasteiger partial charge < -0.3 is 4.98 Å². The van der Waals surface area contributed by atoms with Crippen molar-refractivity contribution in [3.05, 3.63) is 40.0 Å². The topological polar surface area (TPSA) is 54.5 Å². The van der Waals surface area contributed by atoms with E-state index in [-0.39, 0.29) is 5.02 Å². The third-order valence-electron chi connectivity index (χ3n) is 4.71. The molecule has 0 aliphatic carbocycles. The number of benzene rings is 1. The fraction of sp³-hybridized carbons (Fsp3) is 0.389. The first-order valence-electron chi connectivity index (χ1n) is 8.32. The summed E-state index contributed by atoms with van der Waals surface area (Å²) in [5, 5.41) is 8.44. The number of hydrogen-bond acceptors (Lipinski definition) is 3. The summed E-state index contributed by atoms with van der Waals surface area (Å²) < 4.78 is 13.9. The Morgan fingerprint density at radius 3 is 2.60 bits per heavy atom. The number of fused-ring (bicyclic) bond motifs is 1. The lowest BCUT2D eigenvalue weighted by Crippen LogP contribution is -2.09. The number of halogens is 3. The van der Waals surface area contributed by atoms with E-state index in [1.807, 2.05) is 0 Å². The van der Waals surface area contributed by atoms with Crippen molar-refractivity contribution in [1.82, 2.24) is 20.2 Å². The summed E-state index contributed by atoms with van der Waals surface area (Å²) in [7, 11) is 0. The number of aromatic nitrogens is 4. The minimum absolute atomic E-state index is 0.0283. The van der Waals surface area contributed by atoms with Crippen LogP contribution in [0.1, 0.15) is 45.4 Å². The summed E-state index contributed by atoms with van der Waals surface area (Å²) >= 11 is 12.0. The molecule has 1 N–H and O–H groups in total. The lowest BCUT2D eigenvalue weighted by atomic mass is 9.89. The molecule has 0 amide bonds. The van der Waals surface area contributed by atoms with Crippen LogP contribution in [-0.4, -0.2) is 20.2 Å². The van der Waals surface area contributed by atoms with Gasteiger partial charge in [0.1, 0.15) is 22.9 Å². The Bertz CT molecular complexity index is 909. The number of aromatic amines is 1. The van der Waals surface area contributed by atoms with Crippen molar-refractivity contribution < 1.29 is 4.39 Å². The van der Waals surface area contributed by atoms with Gasteiger partial charge in [0, 0.05) is 11.5 Å². The molecular weight excluding hydrogens is 362 g/mol. The van der Waals surface area contributed by atoms with Gasteiger partial charge in [-0.1, -0.05) is 50.4 Å². The van der Waals surface area contributed by atoms with Crippen LogP contribution in [0, 0.1) is 11.7 Å². The lowest BCUT2D eigenvalue weighted by Gasteiger charge is -2.18. The minimum atomic E-state index is -0.554. The van der Waals surface area contributed by atoms with Crippen LogP contribution in [0.2, 0.25) is 10.0 Å². The van der Waals surface area contributed by atoms with Gasteiger partial charge in [-0.3, -0.25) is 0 Å². The molecule has 2 heterocycles. The van der Waals surface area contributed by atoms with E-state index in [2.05, 4.69) is 36.0 Å². The highest BCUT2D eigenvalue weighted by atomic mass is 35.5. The van der Waals surface area contributed by atoms with Crippen LogP contribution in [0.4, 0.5) is 4.39 Å². The van der Waals surface area contributed by atoms with Crippen LogP contribution >= 0.6 is 23.2 Å². The van der Waals surface area contributed by atoms with Crippen molar-refractivity contribution in [2.75, 3.05) is 0 Å². The van der Waals surface area contributed by atoms with Gasteiger partial charge in [0.05, 0.1) is 21.8 Å². The molecular formula is C18H19Cl2FN4. The lowest BCUT2D eigenvalue weighted by molar-refractivity contribution is 0.421. The molecule has 2 aromatic heterocycles. The molecule has 2 atom stereocenters. The molecule has 0 radical (unpaired) electrons. The fourth-order valence-corrected chi connectivity index (χ4v) is 3.55. The smallest absolute Gasteiger partial charge is 0.142 e. The molecule has 132 valence electrons. The second kappa shape index (κ2) is 7.26. The Labute approximate surface area is 155 Å². The molecule has 0 aliphatic rings. The predicted octanol–water partition coefficient (Wildman–Crippen LogP) is 6.01. The van der Waals surface area contributed by atoms with Gasteiger partial charge >= 0.3 is 0 Å². The highest BCUT2D eigenvalue weighted by Crippen LogP contribution is 2.35. The molecule has 0 saturated carbocycles. The number of H-pyrrole nitrogens is 1. The van der Waals surface area contributed by atoms with E-state index < -0.39 is 5.82 Å². The largest absolute Gasteiger partial charge is 0.340 e. The van der Waals surface area contributed by atoms with E-state index in [0.717, 1.165) is 24.2 Å². The number of nitrogens with zero attached hydrogens (tertiary/aromatic N) is 3. The van der Waals surface area contributed by atoms with E-state index in [0.29, 0.717) is 33.6 Å². The molecule has 0 aliphatic heterocycles. The molecule has 25 heavy (non-hydrogen) atoms. The van der Waals surface area contributed by atoms with Gasteiger partial charge in [0.25, 0.3) is 0 Å². The van der Waals surface area contributed by atoms with Crippen LogP contribution in [0.3, 0.4) is 0 Å². The maximum Gasteiger partial charge on any atom is 0.142 e. The standard InChI is InChI=1S/C18H19Cl2FN4/c1-4-9(3)10(5-2)18-23-15-8-22-25-16(17(15)24-18)11-6-14(21)13(20)7-12(11)19/h6-10H,4-5H2,1-3H3,(H,23,24). The number of hydrogen-bond donors (Lipinski definition) is 1. The van der Waals surface area contributed by atoms with E-state index in [4.69, 9.17) is 28.2 Å². The molecule has 0 bridgehead atoms. The summed E-state index contributed by atoms with van der Waals surface area (Å²) in [6.45, 7) is 6.53. The Morgan fingerprint density at radius 2 is 1.92 bits per heavy atom. The average Bonchev–Trinajstić information content (AvgIpc) is 3.02. The third-order valence-corrected chi connectivity index (χ3v) is 5.31. The number of rotatable bonds is 5. The van der Waals surface area contributed by atoms with Gasteiger partial charge in [0.15, 0.2) is 0 Å². The molecule has 0 spiro atoms. The quantitative estimate of drug-likeness (QED) is 0.551. The second-order valence-electron chi connectivity index (χ2n) is 6.22. The highest BCUT2D eigenvalue weighted by molar-refractivity contribution is 6.36. The maximum absolute atomic E-state index is 13.9. The van der Waals surface area contributed by atoms with Crippen molar-refractivity contribution in [3.8, 4) is 11.3 Å². The fourth-order valence-electron chi connectivity index (χ4n) is 3.08. The normalized spacial score (nSPS) is 14.0. The number of imidazole rings is 1. The highest BCUT2D eigenvalue weighted by Gasteiger charge is 2.22. The van der Waals surface area contributed by atoms with E-state index in [9.17, 15) is 4.39 Å². The molecule has 3 rings (SSSR count). The molecule has 7 heteroatoms.